The van der Waals surface area contributed by atoms with E-state index >= 15 is 0 Å². The van der Waals surface area contributed by atoms with Gasteiger partial charge in [0.2, 0.25) is 5.91 Å². The Kier molecular flexibility index (Phi) is 8.16. The number of aliphatic hydroxyl groups excluding tert-OH is 1. The molecule has 0 aliphatic carbocycles. The average Bonchev–Trinajstić information content (AvgIpc) is 2.80. The zero-order valence-corrected chi connectivity index (χ0v) is 20.7. The second kappa shape index (κ2) is 10.9. The van der Waals surface area contributed by atoms with E-state index in [9.17, 15) is 23.4 Å². The number of nitrogens with one attached hydrogen (secondary N) is 2. The molecule has 3 aromatic carbocycles. The maximum absolute atomic E-state index is 13.2. The number of ether oxygens (including phenoxy) is 1. The molecule has 4 N–H and O–H groups in total. The molecule has 186 valence electrons. The first-order valence-electron chi connectivity index (χ1n) is 11.1. The van der Waals surface area contributed by atoms with Crippen LogP contribution in [0.3, 0.4) is 0 Å². The Morgan fingerprint density at radius 1 is 1.00 bits per heavy atom. The Labute approximate surface area is 205 Å². The van der Waals surface area contributed by atoms with E-state index in [-0.39, 0.29) is 29.5 Å². The summed E-state index contributed by atoms with van der Waals surface area (Å²) in [5, 5.41) is 22.7. The van der Waals surface area contributed by atoms with Crippen LogP contribution in [0, 0.1) is 0 Å². The number of hydrogen-bond donors (Lipinski definition) is 4. The van der Waals surface area contributed by atoms with Crippen molar-refractivity contribution < 1.29 is 28.2 Å². The molecular formula is C26H30N2O6S. The SMILES string of the molecule is CCOc1cc(NC(=O)[C@@H](CO)c2ccccc2)ccc1S(=O)(=O)Nc1cccc(C(C)(C)O)c1. The van der Waals surface area contributed by atoms with Gasteiger partial charge in [-0.3, -0.25) is 9.52 Å². The Balaban J connectivity index is 1.87. The van der Waals surface area contributed by atoms with E-state index in [1.165, 1.54) is 18.2 Å². The minimum absolute atomic E-state index is 0.0664. The fourth-order valence-corrected chi connectivity index (χ4v) is 4.68. The van der Waals surface area contributed by atoms with Gasteiger partial charge in [-0.15, -0.1) is 0 Å². The van der Waals surface area contributed by atoms with Gasteiger partial charge in [0.15, 0.2) is 0 Å². The summed E-state index contributed by atoms with van der Waals surface area (Å²) in [7, 11) is -4.05. The van der Waals surface area contributed by atoms with Crippen molar-refractivity contribution in [1.82, 2.24) is 0 Å². The lowest BCUT2D eigenvalue weighted by Gasteiger charge is -2.19. The molecule has 9 heteroatoms. The molecule has 0 aliphatic rings. The third kappa shape index (κ3) is 6.60. The number of aliphatic hydroxyl groups is 2. The molecule has 0 aliphatic heterocycles. The number of rotatable bonds is 10. The number of amides is 1. The van der Waals surface area contributed by atoms with Crippen molar-refractivity contribution in [2.45, 2.75) is 37.2 Å². The monoisotopic (exact) mass is 498 g/mol. The summed E-state index contributed by atoms with van der Waals surface area (Å²) in [6.07, 6.45) is 0. The van der Waals surface area contributed by atoms with E-state index in [0.717, 1.165) is 0 Å². The van der Waals surface area contributed by atoms with Gasteiger partial charge in [0.1, 0.15) is 10.6 Å². The van der Waals surface area contributed by atoms with Crippen LogP contribution < -0.4 is 14.8 Å². The van der Waals surface area contributed by atoms with Crippen LogP contribution in [0.25, 0.3) is 0 Å². The van der Waals surface area contributed by atoms with Crippen molar-refractivity contribution in [2.24, 2.45) is 0 Å². The normalized spacial score (nSPS) is 12.6. The summed E-state index contributed by atoms with van der Waals surface area (Å²) in [6.45, 7) is 4.77. The number of benzene rings is 3. The van der Waals surface area contributed by atoms with Crippen molar-refractivity contribution in [3.05, 3.63) is 83.9 Å². The molecule has 3 aromatic rings. The third-order valence-corrected chi connectivity index (χ3v) is 6.74. The summed E-state index contributed by atoms with van der Waals surface area (Å²) < 4.78 is 34.4. The average molecular weight is 499 g/mol. The third-order valence-electron chi connectivity index (χ3n) is 5.32. The molecule has 0 aromatic heterocycles. The molecule has 0 radical (unpaired) electrons. The van der Waals surface area contributed by atoms with Crippen LogP contribution in [0.5, 0.6) is 5.75 Å². The van der Waals surface area contributed by atoms with Crippen LogP contribution in [0.4, 0.5) is 11.4 Å². The summed E-state index contributed by atoms with van der Waals surface area (Å²) in [5.41, 5.74) is 0.699. The van der Waals surface area contributed by atoms with Crippen molar-refractivity contribution in [3.63, 3.8) is 0 Å². The van der Waals surface area contributed by atoms with Crippen LogP contribution in [-0.4, -0.2) is 37.8 Å². The van der Waals surface area contributed by atoms with E-state index in [4.69, 9.17) is 4.74 Å². The van der Waals surface area contributed by atoms with Crippen LogP contribution in [0.1, 0.15) is 37.8 Å². The van der Waals surface area contributed by atoms with E-state index in [1.54, 1.807) is 69.3 Å². The van der Waals surface area contributed by atoms with E-state index < -0.39 is 27.4 Å². The first-order valence-corrected chi connectivity index (χ1v) is 12.6. The highest BCUT2D eigenvalue weighted by molar-refractivity contribution is 7.92. The molecule has 0 bridgehead atoms. The molecular weight excluding hydrogens is 468 g/mol. The molecule has 0 heterocycles. The molecule has 1 atom stereocenters. The Morgan fingerprint density at radius 2 is 1.71 bits per heavy atom. The van der Waals surface area contributed by atoms with Crippen LogP contribution >= 0.6 is 0 Å². The molecule has 8 nitrogen and oxygen atoms in total. The lowest BCUT2D eigenvalue weighted by Crippen LogP contribution is -2.24. The summed E-state index contributed by atoms with van der Waals surface area (Å²) in [6, 6.07) is 19.6. The molecule has 3 rings (SSSR count). The minimum Gasteiger partial charge on any atom is -0.492 e. The van der Waals surface area contributed by atoms with Gasteiger partial charge in [-0.2, -0.15) is 0 Å². The van der Waals surface area contributed by atoms with Crippen molar-refractivity contribution in [2.75, 3.05) is 23.3 Å². The lowest BCUT2D eigenvalue weighted by molar-refractivity contribution is -0.118. The van der Waals surface area contributed by atoms with Gasteiger partial charge < -0.3 is 20.3 Å². The predicted octanol–water partition coefficient (Wildman–Crippen LogP) is 3.83. The molecule has 0 unspecified atom stereocenters. The first-order chi connectivity index (χ1) is 16.5. The standard InChI is InChI=1S/C26H30N2O6S/c1-4-34-23-16-20(27-25(30)22(17-29)18-9-6-5-7-10-18)13-14-24(23)35(32,33)28-21-12-8-11-19(15-21)26(2,3)31/h5-16,22,28-29,31H,4,17H2,1-3H3,(H,27,30)/t22-/m0/s1. The maximum Gasteiger partial charge on any atom is 0.265 e. The van der Waals surface area contributed by atoms with Crippen LogP contribution in [0.15, 0.2) is 77.7 Å². The van der Waals surface area contributed by atoms with Gasteiger partial charge in [0, 0.05) is 17.4 Å². The maximum atomic E-state index is 13.2. The second-order valence-corrected chi connectivity index (χ2v) is 10.1. The van der Waals surface area contributed by atoms with Crippen molar-refractivity contribution in [1.29, 1.82) is 0 Å². The largest absolute Gasteiger partial charge is 0.492 e. The van der Waals surface area contributed by atoms with E-state index in [1.807, 2.05) is 6.07 Å². The van der Waals surface area contributed by atoms with Crippen molar-refractivity contribution >= 4 is 27.3 Å². The summed E-state index contributed by atoms with van der Waals surface area (Å²) >= 11 is 0. The number of carbonyl (C=O) groups excluding carboxylic acids is 1. The van der Waals surface area contributed by atoms with E-state index in [2.05, 4.69) is 10.0 Å². The summed E-state index contributed by atoms with van der Waals surface area (Å²) in [5.74, 6) is -1.14. The van der Waals surface area contributed by atoms with Crippen LogP contribution in [-0.2, 0) is 20.4 Å². The number of carbonyl (C=O) groups is 1. The van der Waals surface area contributed by atoms with Gasteiger partial charge in [-0.05, 0) is 56.2 Å². The fraction of sp³-hybridized carbons (Fsp3) is 0.269. The van der Waals surface area contributed by atoms with Crippen LogP contribution in [0.2, 0.25) is 0 Å². The van der Waals surface area contributed by atoms with Crippen molar-refractivity contribution in [3.8, 4) is 5.75 Å². The molecule has 0 spiro atoms. The molecule has 0 fully saturated rings. The zero-order chi connectivity index (χ0) is 25.6. The minimum atomic E-state index is -4.05. The molecule has 0 saturated heterocycles. The smallest absolute Gasteiger partial charge is 0.265 e. The molecule has 35 heavy (non-hydrogen) atoms. The Morgan fingerprint density at radius 3 is 2.34 bits per heavy atom. The second-order valence-electron chi connectivity index (χ2n) is 8.47. The predicted molar refractivity (Wildman–Crippen MR) is 135 cm³/mol. The molecule has 0 saturated carbocycles. The zero-order valence-electron chi connectivity index (χ0n) is 19.9. The van der Waals surface area contributed by atoms with E-state index in [0.29, 0.717) is 16.8 Å². The van der Waals surface area contributed by atoms with Gasteiger partial charge in [-0.1, -0.05) is 42.5 Å². The number of hydrogen-bond acceptors (Lipinski definition) is 6. The highest BCUT2D eigenvalue weighted by atomic mass is 32.2. The fourth-order valence-electron chi connectivity index (χ4n) is 3.50. The van der Waals surface area contributed by atoms with Gasteiger partial charge >= 0.3 is 0 Å². The Hall–Kier alpha value is -3.40. The molecule has 1 amide bonds. The topological polar surface area (TPSA) is 125 Å². The van der Waals surface area contributed by atoms with Gasteiger partial charge in [0.25, 0.3) is 10.0 Å². The highest BCUT2D eigenvalue weighted by Gasteiger charge is 2.24. The lowest BCUT2D eigenvalue weighted by atomic mass is 9.98. The summed E-state index contributed by atoms with van der Waals surface area (Å²) in [4.78, 5) is 12.7. The highest BCUT2D eigenvalue weighted by Crippen LogP contribution is 2.31. The van der Waals surface area contributed by atoms with Gasteiger partial charge in [-0.25, -0.2) is 8.42 Å². The quantitative estimate of drug-likeness (QED) is 0.337. The first kappa shape index (κ1) is 26.2. The Bertz CT molecular complexity index is 1270. The number of sulfonamides is 1. The van der Waals surface area contributed by atoms with Gasteiger partial charge in [0.05, 0.1) is 24.7 Å². The number of anilines is 2.